The minimum atomic E-state index is -0.886. The van der Waals surface area contributed by atoms with Crippen LogP contribution in [0.3, 0.4) is 0 Å². The van der Waals surface area contributed by atoms with Crippen molar-refractivity contribution in [2.45, 2.75) is 71.6 Å². The molecule has 3 aromatic rings. The summed E-state index contributed by atoms with van der Waals surface area (Å²) < 4.78 is 59.3. The van der Waals surface area contributed by atoms with Gasteiger partial charge in [-0.2, -0.15) is 0 Å². The molecule has 0 nitrogen and oxygen atoms in total. The molecule has 0 N–H and O–H groups in total. The number of hydrogen-bond acceptors (Lipinski definition) is 0. The maximum Gasteiger partial charge on any atom is 0.167 e. The molecule has 0 bridgehead atoms. The minimum Gasteiger partial charge on any atom is -0.203 e. The zero-order chi connectivity index (χ0) is 25.7. The molecule has 1 atom stereocenters. The molecule has 0 fully saturated rings. The van der Waals surface area contributed by atoms with E-state index in [9.17, 15) is 8.78 Å². The lowest BCUT2D eigenvalue weighted by molar-refractivity contribution is 0.427. The van der Waals surface area contributed by atoms with Gasteiger partial charge in [0.1, 0.15) is 0 Å². The van der Waals surface area contributed by atoms with Crippen LogP contribution in [0.5, 0.6) is 0 Å². The predicted molar refractivity (Wildman–Crippen MR) is 141 cm³/mol. The van der Waals surface area contributed by atoms with E-state index in [1.807, 2.05) is 6.92 Å². The van der Waals surface area contributed by atoms with Crippen LogP contribution in [0.15, 0.2) is 54.6 Å². The van der Waals surface area contributed by atoms with Gasteiger partial charge in [0.25, 0.3) is 0 Å². The van der Waals surface area contributed by atoms with E-state index in [0.717, 1.165) is 31.3 Å². The van der Waals surface area contributed by atoms with Gasteiger partial charge in [0.15, 0.2) is 23.3 Å². The Kier molecular flexibility index (Phi) is 8.66. The number of allylic oxidation sites excluding steroid dienone is 2. The summed E-state index contributed by atoms with van der Waals surface area (Å²) in [6.07, 6.45) is 10.8. The number of unbranched alkanes of at least 4 members (excludes halogenated alkanes) is 2. The van der Waals surface area contributed by atoms with Gasteiger partial charge >= 0.3 is 0 Å². The van der Waals surface area contributed by atoms with Crippen molar-refractivity contribution in [3.8, 4) is 22.3 Å². The van der Waals surface area contributed by atoms with Crippen molar-refractivity contribution in [1.29, 1.82) is 0 Å². The first-order valence-electron chi connectivity index (χ1n) is 13.2. The van der Waals surface area contributed by atoms with Crippen molar-refractivity contribution >= 4 is 5.57 Å². The van der Waals surface area contributed by atoms with Gasteiger partial charge in [-0.15, -0.1) is 0 Å². The molecule has 190 valence electrons. The number of aryl methyl sites for hydroxylation is 1. The lowest BCUT2D eigenvalue weighted by Gasteiger charge is -2.22. The first-order valence-corrected chi connectivity index (χ1v) is 13.2. The second-order valence-corrected chi connectivity index (χ2v) is 9.88. The van der Waals surface area contributed by atoms with Crippen LogP contribution in [0.2, 0.25) is 0 Å². The number of rotatable bonds is 9. The molecule has 4 heteroatoms. The molecule has 1 aliphatic rings. The van der Waals surface area contributed by atoms with E-state index >= 15 is 8.78 Å². The van der Waals surface area contributed by atoms with E-state index in [1.165, 1.54) is 25.7 Å². The number of benzene rings is 3. The van der Waals surface area contributed by atoms with Crippen molar-refractivity contribution in [3.63, 3.8) is 0 Å². The Bertz CT molecular complexity index is 1220. The monoisotopic (exact) mass is 494 g/mol. The van der Waals surface area contributed by atoms with Crippen LogP contribution in [0.1, 0.15) is 76.3 Å². The van der Waals surface area contributed by atoms with Crippen LogP contribution in [0, 0.1) is 29.2 Å². The molecule has 36 heavy (non-hydrogen) atoms. The molecular weight excluding hydrogens is 460 g/mol. The normalized spacial score (nSPS) is 15.7. The summed E-state index contributed by atoms with van der Waals surface area (Å²) >= 11 is 0. The third-order valence-electron chi connectivity index (χ3n) is 7.35. The molecule has 0 amide bonds. The molecule has 0 aliphatic heterocycles. The Morgan fingerprint density at radius 2 is 1.25 bits per heavy atom. The quantitative estimate of drug-likeness (QED) is 0.205. The molecule has 0 saturated carbocycles. The lowest BCUT2D eigenvalue weighted by atomic mass is 9.83. The fourth-order valence-electron chi connectivity index (χ4n) is 5.20. The fraction of sp³-hybridized carbons (Fsp3) is 0.375. The van der Waals surface area contributed by atoms with Gasteiger partial charge in [-0.25, -0.2) is 17.6 Å². The van der Waals surface area contributed by atoms with Crippen LogP contribution >= 0.6 is 0 Å². The highest BCUT2D eigenvalue weighted by atomic mass is 19.2. The third kappa shape index (κ3) is 5.58. The Balaban J connectivity index is 1.53. The summed E-state index contributed by atoms with van der Waals surface area (Å²) in [4.78, 5) is 0. The Morgan fingerprint density at radius 3 is 1.83 bits per heavy atom. The smallest absolute Gasteiger partial charge is 0.167 e. The molecule has 4 rings (SSSR count). The maximum atomic E-state index is 15.1. The van der Waals surface area contributed by atoms with E-state index in [0.29, 0.717) is 34.6 Å². The van der Waals surface area contributed by atoms with Gasteiger partial charge in [0.05, 0.1) is 0 Å². The van der Waals surface area contributed by atoms with Crippen molar-refractivity contribution in [2.75, 3.05) is 0 Å². The van der Waals surface area contributed by atoms with Crippen molar-refractivity contribution in [2.24, 2.45) is 5.92 Å². The first-order chi connectivity index (χ1) is 17.4. The zero-order valence-electron chi connectivity index (χ0n) is 21.1. The second kappa shape index (κ2) is 11.9. The molecule has 1 unspecified atom stereocenters. The molecule has 0 radical (unpaired) electrons. The molecule has 0 spiro atoms. The van der Waals surface area contributed by atoms with E-state index in [-0.39, 0.29) is 11.1 Å². The second-order valence-electron chi connectivity index (χ2n) is 9.88. The molecule has 3 aromatic carbocycles. The van der Waals surface area contributed by atoms with E-state index in [1.54, 1.807) is 48.5 Å². The van der Waals surface area contributed by atoms with E-state index in [4.69, 9.17) is 0 Å². The number of halogens is 4. The topological polar surface area (TPSA) is 0 Å². The highest BCUT2D eigenvalue weighted by molar-refractivity contribution is 5.74. The maximum absolute atomic E-state index is 15.1. The molecule has 0 saturated heterocycles. The van der Waals surface area contributed by atoms with Gasteiger partial charge in [-0.3, -0.25) is 0 Å². The molecule has 1 aliphatic carbocycles. The summed E-state index contributed by atoms with van der Waals surface area (Å²) in [5.41, 5.74) is 2.84. The summed E-state index contributed by atoms with van der Waals surface area (Å²) in [5, 5.41) is 0. The van der Waals surface area contributed by atoms with Crippen molar-refractivity contribution in [3.05, 3.63) is 89.0 Å². The Labute approximate surface area is 212 Å². The molecule has 0 aromatic heterocycles. The SMILES string of the molecule is CCCCCC1CC=C(c2ccc(-c3ccc(-c4ccc(CCC)c(F)c4F)cc3)c(F)c2F)CC1. The van der Waals surface area contributed by atoms with E-state index < -0.39 is 23.3 Å². The van der Waals surface area contributed by atoms with Gasteiger partial charge in [-0.05, 0) is 53.9 Å². The van der Waals surface area contributed by atoms with Crippen LogP contribution in [-0.2, 0) is 6.42 Å². The Morgan fingerprint density at radius 1 is 0.667 bits per heavy atom. The van der Waals surface area contributed by atoms with Crippen LogP contribution in [-0.4, -0.2) is 0 Å². The van der Waals surface area contributed by atoms with Crippen LogP contribution in [0.4, 0.5) is 17.6 Å². The van der Waals surface area contributed by atoms with Gasteiger partial charge in [0.2, 0.25) is 0 Å². The largest absolute Gasteiger partial charge is 0.203 e. The lowest BCUT2D eigenvalue weighted by Crippen LogP contribution is -2.07. The summed E-state index contributed by atoms with van der Waals surface area (Å²) in [6.45, 7) is 4.11. The Hall–Kier alpha value is -2.88. The zero-order valence-corrected chi connectivity index (χ0v) is 21.1. The van der Waals surface area contributed by atoms with Gasteiger partial charge in [0, 0.05) is 16.7 Å². The van der Waals surface area contributed by atoms with Crippen LogP contribution < -0.4 is 0 Å². The predicted octanol–water partition coefficient (Wildman–Crippen LogP) is 10.3. The summed E-state index contributed by atoms with van der Waals surface area (Å²) in [7, 11) is 0. The highest BCUT2D eigenvalue weighted by Gasteiger charge is 2.21. The van der Waals surface area contributed by atoms with Crippen LogP contribution in [0.25, 0.3) is 27.8 Å². The average Bonchev–Trinajstić information content (AvgIpc) is 2.90. The fourth-order valence-corrected chi connectivity index (χ4v) is 5.20. The standard InChI is InChI=1S/C32H34F4/c1-3-5-6-8-21-9-11-22(12-10-21)27-19-20-28(32(36)31(27)35)24-15-13-23(14-16-24)26-18-17-25(7-4-2)29(33)30(26)34/h11,13-21H,3-10,12H2,1-2H3. The van der Waals surface area contributed by atoms with Crippen molar-refractivity contribution < 1.29 is 17.6 Å². The summed E-state index contributed by atoms with van der Waals surface area (Å²) in [6, 6.07) is 12.9. The van der Waals surface area contributed by atoms with Gasteiger partial charge < -0.3 is 0 Å². The van der Waals surface area contributed by atoms with Crippen molar-refractivity contribution in [1.82, 2.24) is 0 Å². The minimum absolute atomic E-state index is 0.151. The molecule has 0 heterocycles. The van der Waals surface area contributed by atoms with Gasteiger partial charge in [-0.1, -0.05) is 101 Å². The third-order valence-corrected chi connectivity index (χ3v) is 7.35. The highest BCUT2D eigenvalue weighted by Crippen LogP contribution is 2.37. The molecular formula is C32H34F4. The first kappa shape index (κ1) is 26.2. The average molecular weight is 495 g/mol. The summed E-state index contributed by atoms with van der Waals surface area (Å²) in [5.74, 6) is -2.79. The van der Waals surface area contributed by atoms with E-state index in [2.05, 4.69) is 13.0 Å². The number of hydrogen-bond donors (Lipinski definition) is 0.